The molecule has 0 bridgehead atoms. The van der Waals surface area contributed by atoms with Gasteiger partial charge in [0.25, 0.3) is 0 Å². The Bertz CT molecular complexity index is 382. The van der Waals surface area contributed by atoms with Crippen molar-refractivity contribution < 1.29 is 9.47 Å². The standard InChI is InChI=1S/C12H20N4O2/c1-17-6-7-18-5-4-14-11-8-10(13)15-12(16-11)9-2-3-9/h8-9H,2-7H2,1H3,(H3,13,14,15,16). The van der Waals surface area contributed by atoms with Crippen LogP contribution in [0, 0.1) is 0 Å². The maximum atomic E-state index is 5.76. The lowest BCUT2D eigenvalue weighted by Gasteiger charge is -2.08. The van der Waals surface area contributed by atoms with Gasteiger partial charge in [-0.3, -0.25) is 0 Å². The van der Waals surface area contributed by atoms with Gasteiger partial charge < -0.3 is 20.5 Å². The van der Waals surface area contributed by atoms with E-state index >= 15 is 0 Å². The molecule has 0 radical (unpaired) electrons. The fraction of sp³-hybridized carbons (Fsp3) is 0.667. The number of aromatic nitrogens is 2. The van der Waals surface area contributed by atoms with Gasteiger partial charge in [-0.1, -0.05) is 0 Å². The second-order valence-electron chi connectivity index (χ2n) is 4.34. The first-order chi connectivity index (χ1) is 8.79. The maximum absolute atomic E-state index is 5.76. The summed E-state index contributed by atoms with van der Waals surface area (Å²) in [5, 5.41) is 3.19. The van der Waals surface area contributed by atoms with Gasteiger partial charge in [0.2, 0.25) is 0 Å². The van der Waals surface area contributed by atoms with Gasteiger partial charge in [-0.2, -0.15) is 0 Å². The third kappa shape index (κ3) is 4.12. The molecule has 0 spiro atoms. The Labute approximate surface area is 107 Å². The van der Waals surface area contributed by atoms with Crippen LogP contribution in [0.5, 0.6) is 0 Å². The van der Waals surface area contributed by atoms with Crippen LogP contribution >= 0.6 is 0 Å². The Hall–Kier alpha value is -1.40. The zero-order chi connectivity index (χ0) is 12.8. The van der Waals surface area contributed by atoms with E-state index in [0.29, 0.717) is 38.1 Å². The Kier molecular flexibility index (Phi) is 4.72. The molecule has 2 rings (SSSR count). The normalized spacial score (nSPS) is 14.7. The molecule has 1 aliphatic carbocycles. The predicted octanol–water partition coefficient (Wildman–Crippen LogP) is 1.01. The van der Waals surface area contributed by atoms with Crippen molar-refractivity contribution in [2.24, 2.45) is 0 Å². The smallest absolute Gasteiger partial charge is 0.136 e. The maximum Gasteiger partial charge on any atom is 0.136 e. The summed E-state index contributed by atoms with van der Waals surface area (Å²) in [5.41, 5.74) is 5.76. The van der Waals surface area contributed by atoms with E-state index in [1.807, 2.05) is 0 Å². The van der Waals surface area contributed by atoms with E-state index in [1.165, 1.54) is 12.8 Å². The summed E-state index contributed by atoms with van der Waals surface area (Å²) in [6.07, 6.45) is 2.34. The molecule has 18 heavy (non-hydrogen) atoms. The third-order valence-corrected chi connectivity index (χ3v) is 2.69. The van der Waals surface area contributed by atoms with Crippen LogP contribution in [0.2, 0.25) is 0 Å². The highest BCUT2D eigenvalue weighted by Gasteiger charge is 2.27. The lowest BCUT2D eigenvalue weighted by Crippen LogP contribution is -2.13. The van der Waals surface area contributed by atoms with E-state index in [-0.39, 0.29) is 0 Å². The number of hydrogen-bond acceptors (Lipinski definition) is 6. The zero-order valence-electron chi connectivity index (χ0n) is 10.7. The summed E-state index contributed by atoms with van der Waals surface area (Å²) in [6, 6.07) is 1.75. The average molecular weight is 252 g/mol. The number of methoxy groups -OCH3 is 1. The Morgan fingerprint density at radius 3 is 2.89 bits per heavy atom. The molecule has 0 aromatic carbocycles. The summed E-state index contributed by atoms with van der Waals surface area (Å²) in [4.78, 5) is 8.69. The number of rotatable bonds is 8. The van der Waals surface area contributed by atoms with Gasteiger partial charge in [-0.05, 0) is 12.8 Å². The van der Waals surface area contributed by atoms with Gasteiger partial charge in [0.05, 0.1) is 19.8 Å². The van der Waals surface area contributed by atoms with Crippen molar-refractivity contribution >= 4 is 11.6 Å². The van der Waals surface area contributed by atoms with Crippen LogP contribution in [0.3, 0.4) is 0 Å². The van der Waals surface area contributed by atoms with Gasteiger partial charge in [-0.15, -0.1) is 0 Å². The molecule has 0 aliphatic heterocycles. The van der Waals surface area contributed by atoms with E-state index in [4.69, 9.17) is 15.2 Å². The second-order valence-corrected chi connectivity index (χ2v) is 4.34. The van der Waals surface area contributed by atoms with Crippen LogP contribution in [-0.4, -0.2) is 43.4 Å². The fourth-order valence-corrected chi connectivity index (χ4v) is 1.60. The first kappa shape index (κ1) is 13.0. The molecule has 1 heterocycles. The largest absolute Gasteiger partial charge is 0.384 e. The first-order valence-corrected chi connectivity index (χ1v) is 6.24. The number of nitrogens with two attached hydrogens (primary N) is 1. The van der Waals surface area contributed by atoms with E-state index < -0.39 is 0 Å². The summed E-state index contributed by atoms with van der Waals surface area (Å²) in [6.45, 7) is 2.54. The highest BCUT2D eigenvalue weighted by Crippen LogP contribution is 2.38. The molecule has 0 saturated heterocycles. The quantitative estimate of drug-likeness (QED) is 0.672. The lowest BCUT2D eigenvalue weighted by molar-refractivity contribution is 0.0759. The summed E-state index contributed by atoms with van der Waals surface area (Å²) >= 11 is 0. The van der Waals surface area contributed by atoms with Gasteiger partial charge in [0.15, 0.2) is 0 Å². The number of nitrogens with one attached hydrogen (secondary N) is 1. The first-order valence-electron chi connectivity index (χ1n) is 6.24. The average Bonchev–Trinajstić information content (AvgIpc) is 3.17. The molecule has 0 atom stereocenters. The van der Waals surface area contributed by atoms with Crippen molar-refractivity contribution in [3.63, 3.8) is 0 Å². The molecule has 6 nitrogen and oxygen atoms in total. The van der Waals surface area contributed by atoms with E-state index in [0.717, 1.165) is 11.6 Å². The molecule has 0 amide bonds. The number of ether oxygens (including phenoxy) is 2. The van der Waals surface area contributed by atoms with Crippen LogP contribution in [0.1, 0.15) is 24.6 Å². The fourth-order valence-electron chi connectivity index (χ4n) is 1.60. The molecule has 1 fully saturated rings. The molecule has 1 aromatic rings. The van der Waals surface area contributed by atoms with E-state index in [9.17, 15) is 0 Å². The predicted molar refractivity (Wildman–Crippen MR) is 69.6 cm³/mol. The minimum atomic E-state index is 0.506. The number of anilines is 2. The van der Waals surface area contributed by atoms with Gasteiger partial charge >= 0.3 is 0 Å². The summed E-state index contributed by atoms with van der Waals surface area (Å²) < 4.78 is 10.2. The zero-order valence-corrected chi connectivity index (χ0v) is 10.7. The molecule has 100 valence electrons. The van der Waals surface area contributed by atoms with E-state index in [1.54, 1.807) is 13.2 Å². The highest BCUT2D eigenvalue weighted by molar-refractivity contribution is 5.45. The van der Waals surface area contributed by atoms with Crippen molar-refractivity contribution in [1.82, 2.24) is 9.97 Å². The molecule has 0 unspecified atom stereocenters. The molecular weight excluding hydrogens is 232 g/mol. The summed E-state index contributed by atoms with van der Waals surface area (Å²) in [7, 11) is 1.66. The van der Waals surface area contributed by atoms with Crippen molar-refractivity contribution in [2.45, 2.75) is 18.8 Å². The topological polar surface area (TPSA) is 82.3 Å². The molecule has 1 aliphatic rings. The van der Waals surface area contributed by atoms with Gasteiger partial charge in [0, 0.05) is 25.6 Å². The van der Waals surface area contributed by atoms with Crippen LogP contribution in [0.15, 0.2) is 6.07 Å². The molecule has 1 aromatic heterocycles. The molecular formula is C12H20N4O2. The Morgan fingerprint density at radius 1 is 1.33 bits per heavy atom. The van der Waals surface area contributed by atoms with Crippen molar-refractivity contribution in [3.05, 3.63) is 11.9 Å². The van der Waals surface area contributed by atoms with Crippen LogP contribution in [-0.2, 0) is 9.47 Å². The monoisotopic (exact) mass is 252 g/mol. The number of nitrogen functional groups attached to an aromatic ring is 1. The van der Waals surface area contributed by atoms with Gasteiger partial charge in [-0.25, -0.2) is 9.97 Å². The van der Waals surface area contributed by atoms with Crippen LogP contribution in [0.25, 0.3) is 0 Å². The number of nitrogens with zero attached hydrogens (tertiary/aromatic N) is 2. The minimum Gasteiger partial charge on any atom is -0.384 e. The second kappa shape index (κ2) is 6.51. The number of hydrogen-bond donors (Lipinski definition) is 2. The molecule has 3 N–H and O–H groups in total. The Morgan fingerprint density at radius 2 is 2.17 bits per heavy atom. The highest BCUT2D eigenvalue weighted by atomic mass is 16.5. The minimum absolute atomic E-state index is 0.506. The van der Waals surface area contributed by atoms with Crippen molar-refractivity contribution in [3.8, 4) is 0 Å². The van der Waals surface area contributed by atoms with Crippen LogP contribution < -0.4 is 11.1 Å². The van der Waals surface area contributed by atoms with Crippen molar-refractivity contribution in [1.29, 1.82) is 0 Å². The van der Waals surface area contributed by atoms with Crippen molar-refractivity contribution in [2.75, 3.05) is 44.5 Å². The van der Waals surface area contributed by atoms with Gasteiger partial charge in [0.1, 0.15) is 17.5 Å². The van der Waals surface area contributed by atoms with E-state index in [2.05, 4.69) is 15.3 Å². The third-order valence-electron chi connectivity index (χ3n) is 2.69. The molecule has 6 heteroatoms. The summed E-state index contributed by atoms with van der Waals surface area (Å²) in [5.74, 6) is 2.67. The Balaban J connectivity index is 1.74. The van der Waals surface area contributed by atoms with Crippen LogP contribution in [0.4, 0.5) is 11.6 Å². The molecule has 1 saturated carbocycles. The SMILES string of the molecule is COCCOCCNc1cc(N)nc(C2CC2)n1. The lowest BCUT2D eigenvalue weighted by atomic mass is 10.4.